The first kappa shape index (κ1) is 15.0. The van der Waals surface area contributed by atoms with Gasteiger partial charge in [-0.15, -0.1) is 0 Å². The second-order valence-corrected chi connectivity index (χ2v) is 5.45. The Morgan fingerprint density at radius 1 is 1.30 bits per heavy atom. The molecule has 0 amide bonds. The van der Waals surface area contributed by atoms with E-state index in [4.69, 9.17) is 4.74 Å². The summed E-state index contributed by atoms with van der Waals surface area (Å²) >= 11 is 3.51. The van der Waals surface area contributed by atoms with E-state index in [2.05, 4.69) is 51.4 Å². The van der Waals surface area contributed by atoms with Crippen molar-refractivity contribution in [2.45, 2.75) is 19.4 Å². The summed E-state index contributed by atoms with van der Waals surface area (Å²) in [5.41, 5.74) is 2.22. The van der Waals surface area contributed by atoms with Gasteiger partial charge in [-0.05, 0) is 42.8 Å². The number of rotatable bonds is 6. The van der Waals surface area contributed by atoms with Crippen LogP contribution in [-0.4, -0.2) is 18.6 Å². The van der Waals surface area contributed by atoms with Crippen LogP contribution in [0.15, 0.2) is 47.1 Å². The van der Waals surface area contributed by atoms with Crippen molar-refractivity contribution in [2.24, 2.45) is 0 Å². The number of nitrogens with zero attached hydrogens (tertiary/aromatic N) is 1. The van der Waals surface area contributed by atoms with Gasteiger partial charge in [0.1, 0.15) is 5.75 Å². The lowest BCUT2D eigenvalue weighted by Crippen LogP contribution is -2.24. The summed E-state index contributed by atoms with van der Waals surface area (Å²) in [6.45, 7) is 2.99. The standard InChI is InChI=1S/C16H19BrN2O/c1-3-18-14(11-12-6-4-7-13(17)10-12)16-15(20-2)8-5-9-19-16/h4-10,14,18H,3,11H2,1-2H3. The van der Waals surface area contributed by atoms with Gasteiger partial charge in [-0.2, -0.15) is 0 Å². The van der Waals surface area contributed by atoms with Gasteiger partial charge in [0.2, 0.25) is 0 Å². The van der Waals surface area contributed by atoms with Gasteiger partial charge in [0, 0.05) is 10.7 Å². The SMILES string of the molecule is CCNC(Cc1cccc(Br)c1)c1ncccc1OC. The number of pyridine rings is 1. The zero-order valence-corrected chi connectivity index (χ0v) is 13.4. The molecule has 1 heterocycles. The van der Waals surface area contributed by atoms with Gasteiger partial charge in [0.15, 0.2) is 0 Å². The number of ether oxygens (including phenoxy) is 1. The van der Waals surface area contributed by atoms with E-state index >= 15 is 0 Å². The molecule has 3 nitrogen and oxygen atoms in total. The molecule has 1 atom stereocenters. The largest absolute Gasteiger partial charge is 0.495 e. The average molecular weight is 335 g/mol. The number of benzene rings is 1. The molecule has 4 heteroatoms. The van der Waals surface area contributed by atoms with Crippen molar-refractivity contribution >= 4 is 15.9 Å². The van der Waals surface area contributed by atoms with Crippen LogP contribution in [0.1, 0.15) is 24.2 Å². The molecule has 20 heavy (non-hydrogen) atoms. The van der Waals surface area contributed by atoms with Gasteiger partial charge in [-0.25, -0.2) is 0 Å². The van der Waals surface area contributed by atoms with Crippen LogP contribution in [0, 0.1) is 0 Å². The molecule has 0 saturated heterocycles. The molecule has 106 valence electrons. The lowest BCUT2D eigenvalue weighted by molar-refractivity contribution is 0.394. The number of hydrogen-bond donors (Lipinski definition) is 1. The minimum absolute atomic E-state index is 0.144. The van der Waals surface area contributed by atoms with E-state index in [1.54, 1.807) is 7.11 Å². The molecule has 1 aromatic carbocycles. The fourth-order valence-electron chi connectivity index (χ4n) is 2.25. The van der Waals surface area contributed by atoms with Crippen LogP contribution < -0.4 is 10.1 Å². The molecule has 0 aliphatic heterocycles. The lowest BCUT2D eigenvalue weighted by Gasteiger charge is -2.19. The molecule has 0 radical (unpaired) electrons. The third kappa shape index (κ3) is 3.81. The van der Waals surface area contributed by atoms with E-state index < -0.39 is 0 Å². The van der Waals surface area contributed by atoms with Crippen LogP contribution in [-0.2, 0) is 6.42 Å². The highest BCUT2D eigenvalue weighted by atomic mass is 79.9. The Morgan fingerprint density at radius 3 is 2.85 bits per heavy atom. The first-order chi connectivity index (χ1) is 9.74. The highest BCUT2D eigenvalue weighted by Crippen LogP contribution is 2.26. The van der Waals surface area contributed by atoms with E-state index in [-0.39, 0.29) is 6.04 Å². The predicted octanol–water partition coefficient (Wildman–Crippen LogP) is 3.75. The van der Waals surface area contributed by atoms with Crippen molar-refractivity contribution in [3.8, 4) is 5.75 Å². The number of methoxy groups -OCH3 is 1. The topological polar surface area (TPSA) is 34.2 Å². The first-order valence-corrected chi connectivity index (χ1v) is 7.50. The van der Waals surface area contributed by atoms with Crippen molar-refractivity contribution in [1.29, 1.82) is 0 Å². The minimum Gasteiger partial charge on any atom is -0.495 e. The molecular formula is C16H19BrN2O. The average Bonchev–Trinajstić information content (AvgIpc) is 2.47. The third-order valence-electron chi connectivity index (χ3n) is 3.13. The maximum Gasteiger partial charge on any atom is 0.141 e. The number of aromatic nitrogens is 1. The first-order valence-electron chi connectivity index (χ1n) is 6.71. The van der Waals surface area contributed by atoms with Crippen LogP contribution in [0.2, 0.25) is 0 Å². The smallest absolute Gasteiger partial charge is 0.141 e. The summed E-state index contributed by atoms with van der Waals surface area (Å²) in [5, 5.41) is 3.48. The molecule has 0 bridgehead atoms. The Morgan fingerprint density at radius 2 is 2.15 bits per heavy atom. The van der Waals surface area contributed by atoms with Crippen LogP contribution in [0.25, 0.3) is 0 Å². The fraction of sp³-hybridized carbons (Fsp3) is 0.312. The molecule has 0 saturated carbocycles. The second kappa shape index (κ2) is 7.41. The summed E-state index contributed by atoms with van der Waals surface area (Å²) in [4.78, 5) is 4.49. The predicted molar refractivity (Wildman–Crippen MR) is 85.1 cm³/mol. The van der Waals surface area contributed by atoms with Crippen LogP contribution in [0.4, 0.5) is 0 Å². The number of likely N-dealkylation sites (N-methyl/N-ethyl adjacent to an activating group) is 1. The molecule has 2 rings (SSSR count). The Bertz CT molecular complexity index is 560. The molecule has 0 aliphatic rings. The fourth-order valence-corrected chi connectivity index (χ4v) is 2.70. The highest BCUT2D eigenvalue weighted by Gasteiger charge is 2.17. The van der Waals surface area contributed by atoms with E-state index in [0.29, 0.717) is 0 Å². The van der Waals surface area contributed by atoms with Gasteiger partial charge in [-0.1, -0.05) is 35.0 Å². The summed E-state index contributed by atoms with van der Waals surface area (Å²) < 4.78 is 6.52. The molecule has 0 spiro atoms. The highest BCUT2D eigenvalue weighted by molar-refractivity contribution is 9.10. The molecule has 2 aromatic rings. The number of nitrogens with one attached hydrogen (secondary N) is 1. The zero-order chi connectivity index (χ0) is 14.4. The van der Waals surface area contributed by atoms with Gasteiger partial charge < -0.3 is 10.1 Å². The van der Waals surface area contributed by atoms with Crippen LogP contribution >= 0.6 is 15.9 Å². The summed E-state index contributed by atoms with van der Waals surface area (Å²) in [6.07, 6.45) is 2.68. The molecule has 0 aliphatic carbocycles. The van der Waals surface area contributed by atoms with E-state index in [0.717, 1.165) is 28.9 Å². The maximum absolute atomic E-state index is 5.42. The molecular weight excluding hydrogens is 316 g/mol. The monoisotopic (exact) mass is 334 g/mol. The van der Waals surface area contributed by atoms with E-state index in [9.17, 15) is 0 Å². The van der Waals surface area contributed by atoms with Crippen molar-refractivity contribution in [3.63, 3.8) is 0 Å². The molecule has 1 aromatic heterocycles. The van der Waals surface area contributed by atoms with Crippen molar-refractivity contribution in [2.75, 3.05) is 13.7 Å². The van der Waals surface area contributed by atoms with E-state index in [1.807, 2.05) is 24.4 Å². The summed E-state index contributed by atoms with van der Waals surface area (Å²) in [7, 11) is 1.68. The van der Waals surface area contributed by atoms with Crippen molar-refractivity contribution in [3.05, 3.63) is 58.3 Å². The molecule has 1 unspecified atom stereocenters. The van der Waals surface area contributed by atoms with Crippen LogP contribution in [0.5, 0.6) is 5.75 Å². The number of hydrogen-bond acceptors (Lipinski definition) is 3. The molecule has 0 fully saturated rings. The summed E-state index contributed by atoms with van der Waals surface area (Å²) in [5.74, 6) is 0.827. The van der Waals surface area contributed by atoms with Crippen LogP contribution in [0.3, 0.4) is 0 Å². The van der Waals surface area contributed by atoms with Gasteiger partial charge in [0.25, 0.3) is 0 Å². The lowest BCUT2D eigenvalue weighted by atomic mass is 10.0. The quantitative estimate of drug-likeness (QED) is 0.873. The molecule has 1 N–H and O–H groups in total. The minimum atomic E-state index is 0.144. The Labute approximate surface area is 128 Å². The normalized spacial score (nSPS) is 12.2. The Balaban J connectivity index is 2.26. The Kier molecular flexibility index (Phi) is 5.56. The van der Waals surface area contributed by atoms with Crippen molar-refractivity contribution in [1.82, 2.24) is 10.3 Å². The van der Waals surface area contributed by atoms with Gasteiger partial charge in [-0.3, -0.25) is 4.98 Å². The van der Waals surface area contributed by atoms with E-state index in [1.165, 1.54) is 5.56 Å². The van der Waals surface area contributed by atoms with Gasteiger partial charge in [0.05, 0.1) is 18.8 Å². The van der Waals surface area contributed by atoms with Crippen molar-refractivity contribution < 1.29 is 4.74 Å². The summed E-state index contributed by atoms with van der Waals surface area (Å²) in [6, 6.07) is 12.3. The zero-order valence-electron chi connectivity index (χ0n) is 11.8. The maximum atomic E-state index is 5.42. The number of halogens is 1. The second-order valence-electron chi connectivity index (χ2n) is 4.54. The third-order valence-corrected chi connectivity index (χ3v) is 3.62. The Hall–Kier alpha value is -1.39. The van der Waals surface area contributed by atoms with Gasteiger partial charge >= 0.3 is 0 Å².